The lowest BCUT2D eigenvalue weighted by Gasteiger charge is -2.58. The predicted octanol–water partition coefficient (Wildman–Crippen LogP) is 4.72. The van der Waals surface area contributed by atoms with Gasteiger partial charge in [0.15, 0.2) is 12.6 Å². The molecule has 6 nitrogen and oxygen atoms in total. The summed E-state index contributed by atoms with van der Waals surface area (Å²) >= 11 is 0. The molecule has 8 rings (SSSR count). The highest BCUT2D eigenvalue weighted by Gasteiger charge is 2.56. The minimum atomic E-state index is -0.526. The van der Waals surface area contributed by atoms with Crippen LogP contribution in [-0.2, 0) is 30.3 Å². The van der Waals surface area contributed by atoms with Gasteiger partial charge in [-0.25, -0.2) is 0 Å². The largest absolute Gasteiger partial charge is 0.367 e. The molecule has 2 aromatic rings. The Morgan fingerprint density at radius 2 is 1.47 bits per heavy atom. The van der Waals surface area contributed by atoms with Crippen LogP contribution in [0.25, 0.3) is 0 Å². The lowest BCUT2D eigenvalue weighted by Crippen LogP contribution is -2.67. The summed E-state index contributed by atoms with van der Waals surface area (Å²) in [7, 11) is 0. The quantitative estimate of drug-likeness (QED) is 0.630. The molecule has 0 radical (unpaired) electrons. The first kappa shape index (κ1) is 23.3. The van der Waals surface area contributed by atoms with Crippen LogP contribution in [0.5, 0.6) is 0 Å². The molecule has 192 valence electrons. The highest BCUT2D eigenvalue weighted by molar-refractivity contribution is 5.17. The Balaban J connectivity index is 1.12. The Labute approximate surface area is 213 Å². The Bertz CT molecular complexity index is 997. The van der Waals surface area contributed by atoms with E-state index >= 15 is 0 Å². The van der Waals surface area contributed by atoms with E-state index in [0.29, 0.717) is 13.2 Å². The zero-order valence-corrected chi connectivity index (χ0v) is 20.7. The third-order valence-corrected chi connectivity index (χ3v) is 9.10. The maximum Gasteiger partial charge on any atom is 0.186 e. The minimum Gasteiger partial charge on any atom is -0.367 e. The molecule has 0 aromatic heterocycles. The summed E-state index contributed by atoms with van der Waals surface area (Å²) in [5, 5.41) is 0. The Morgan fingerprint density at radius 1 is 0.833 bits per heavy atom. The van der Waals surface area contributed by atoms with Gasteiger partial charge in [0.05, 0.1) is 24.9 Å². The van der Waals surface area contributed by atoms with Crippen molar-refractivity contribution in [2.24, 2.45) is 23.5 Å². The van der Waals surface area contributed by atoms with Crippen molar-refractivity contribution < 1.29 is 23.7 Å². The topological polar surface area (TPSA) is 72.2 Å². The van der Waals surface area contributed by atoms with Gasteiger partial charge in [-0.1, -0.05) is 60.7 Å². The Morgan fingerprint density at radius 3 is 2.14 bits per heavy atom. The Hall–Kier alpha value is -1.80. The molecule has 6 fully saturated rings. The molecule has 6 heteroatoms. The minimum absolute atomic E-state index is 0.108. The number of benzene rings is 2. The van der Waals surface area contributed by atoms with Crippen LogP contribution in [0.3, 0.4) is 0 Å². The van der Waals surface area contributed by atoms with Gasteiger partial charge in [0, 0.05) is 5.56 Å². The predicted molar refractivity (Wildman–Crippen MR) is 134 cm³/mol. The molecule has 4 aliphatic carbocycles. The van der Waals surface area contributed by atoms with E-state index in [1.807, 2.05) is 48.5 Å². The van der Waals surface area contributed by atoms with Gasteiger partial charge in [0.2, 0.25) is 0 Å². The fourth-order valence-corrected chi connectivity index (χ4v) is 7.88. The average Bonchev–Trinajstić information content (AvgIpc) is 2.88. The van der Waals surface area contributed by atoms with E-state index in [1.165, 1.54) is 19.3 Å². The van der Waals surface area contributed by atoms with E-state index in [0.717, 1.165) is 48.1 Å². The third kappa shape index (κ3) is 4.42. The number of hydrogen-bond acceptors (Lipinski definition) is 6. The van der Waals surface area contributed by atoms with E-state index in [-0.39, 0.29) is 23.9 Å². The number of nitrogens with two attached hydrogens (primary N) is 1. The first-order valence-electron chi connectivity index (χ1n) is 13.7. The van der Waals surface area contributed by atoms with Crippen molar-refractivity contribution in [3.63, 3.8) is 0 Å². The molecular formula is C30H37NO5. The van der Waals surface area contributed by atoms with Gasteiger partial charge in [0.25, 0.3) is 0 Å². The summed E-state index contributed by atoms with van der Waals surface area (Å²) in [4.78, 5) is 0. The lowest BCUT2D eigenvalue weighted by atomic mass is 9.54. The van der Waals surface area contributed by atoms with E-state index in [1.54, 1.807) is 0 Å². The van der Waals surface area contributed by atoms with Gasteiger partial charge < -0.3 is 29.4 Å². The SMILES string of the molecule is N[C@@H]1[C@H](OCc2ccccc2)[C@H](OC23CC4CC(CC(C4)C2)C3)O[C@@H]2CO[C@@H](c3ccccc3)O[C@@H]12. The zero-order valence-electron chi connectivity index (χ0n) is 20.7. The molecule has 4 bridgehead atoms. The molecule has 0 spiro atoms. The molecule has 2 aromatic carbocycles. The third-order valence-electron chi connectivity index (χ3n) is 9.10. The van der Waals surface area contributed by atoms with Gasteiger partial charge in [-0.15, -0.1) is 0 Å². The second-order valence-electron chi connectivity index (χ2n) is 11.8. The van der Waals surface area contributed by atoms with E-state index < -0.39 is 18.7 Å². The van der Waals surface area contributed by atoms with Crippen LogP contribution < -0.4 is 5.73 Å². The monoisotopic (exact) mass is 491 g/mol. The van der Waals surface area contributed by atoms with Gasteiger partial charge in [0.1, 0.15) is 18.3 Å². The average molecular weight is 492 g/mol. The summed E-state index contributed by atoms with van der Waals surface area (Å²) in [6, 6.07) is 19.8. The van der Waals surface area contributed by atoms with E-state index in [2.05, 4.69) is 12.1 Å². The lowest BCUT2D eigenvalue weighted by molar-refractivity contribution is -0.369. The first-order valence-corrected chi connectivity index (χ1v) is 13.7. The number of fused-ring (bicyclic) bond motifs is 1. The summed E-state index contributed by atoms with van der Waals surface area (Å²) < 4.78 is 32.6. The summed E-state index contributed by atoms with van der Waals surface area (Å²) in [6.07, 6.45) is 5.49. The van der Waals surface area contributed by atoms with Crippen molar-refractivity contribution in [2.75, 3.05) is 6.61 Å². The van der Waals surface area contributed by atoms with Crippen LogP contribution in [0.2, 0.25) is 0 Å². The van der Waals surface area contributed by atoms with Crippen LogP contribution in [-0.4, -0.2) is 42.9 Å². The second-order valence-corrected chi connectivity index (χ2v) is 11.8. The fourth-order valence-electron chi connectivity index (χ4n) is 7.88. The smallest absolute Gasteiger partial charge is 0.186 e. The molecule has 2 aliphatic heterocycles. The van der Waals surface area contributed by atoms with Gasteiger partial charge in [-0.2, -0.15) is 0 Å². The van der Waals surface area contributed by atoms with Crippen molar-refractivity contribution in [3.05, 3.63) is 71.8 Å². The Kier molecular flexibility index (Phi) is 6.15. The highest BCUT2D eigenvalue weighted by Crippen LogP contribution is 2.57. The molecule has 2 saturated heterocycles. The molecule has 0 amide bonds. The van der Waals surface area contributed by atoms with Crippen LogP contribution in [0.15, 0.2) is 60.7 Å². The standard InChI is InChI=1S/C30H37NO5/c31-25-26-24(18-33-28(35-26)23-9-5-2-6-10-23)34-29(27(25)32-17-19-7-3-1-4-8-19)36-30-14-20-11-21(15-30)13-22(12-20)16-30/h1-10,20-22,24-29H,11-18,31H2/t20?,21?,22?,24-,25+,26-,27+,28-,29+,30?/m1/s1. The van der Waals surface area contributed by atoms with Crippen LogP contribution >= 0.6 is 0 Å². The zero-order chi connectivity index (χ0) is 24.1. The van der Waals surface area contributed by atoms with Crippen molar-refractivity contribution in [1.29, 1.82) is 0 Å². The van der Waals surface area contributed by atoms with E-state index in [9.17, 15) is 0 Å². The maximum absolute atomic E-state index is 6.99. The molecule has 4 saturated carbocycles. The van der Waals surface area contributed by atoms with Crippen LogP contribution in [0.1, 0.15) is 55.9 Å². The summed E-state index contributed by atoms with van der Waals surface area (Å²) in [6.45, 7) is 0.878. The van der Waals surface area contributed by atoms with Gasteiger partial charge in [-0.05, 0) is 61.8 Å². The van der Waals surface area contributed by atoms with E-state index in [4.69, 9.17) is 29.4 Å². The van der Waals surface area contributed by atoms with Crippen molar-refractivity contribution in [2.45, 2.75) is 87.7 Å². The normalized spacial score (nSPS) is 43.3. The fraction of sp³-hybridized carbons (Fsp3) is 0.600. The summed E-state index contributed by atoms with van der Waals surface area (Å²) in [5.41, 5.74) is 8.91. The summed E-state index contributed by atoms with van der Waals surface area (Å²) in [5.74, 6) is 2.37. The highest BCUT2D eigenvalue weighted by atomic mass is 16.8. The number of hydrogen-bond donors (Lipinski definition) is 1. The first-order chi connectivity index (χ1) is 17.6. The molecule has 6 aliphatic rings. The molecule has 6 atom stereocenters. The molecule has 2 heterocycles. The van der Waals surface area contributed by atoms with Gasteiger partial charge >= 0.3 is 0 Å². The van der Waals surface area contributed by atoms with Gasteiger partial charge in [-0.3, -0.25) is 0 Å². The molecule has 0 unspecified atom stereocenters. The van der Waals surface area contributed by atoms with Crippen molar-refractivity contribution in [3.8, 4) is 0 Å². The number of rotatable bonds is 6. The molecule has 36 heavy (non-hydrogen) atoms. The number of ether oxygens (including phenoxy) is 5. The molecule has 2 N–H and O–H groups in total. The van der Waals surface area contributed by atoms with Crippen LogP contribution in [0, 0.1) is 17.8 Å². The van der Waals surface area contributed by atoms with Crippen molar-refractivity contribution >= 4 is 0 Å². The molecular weight excluding hydrogens is 454 g/mol. The van der Waals surface area contributed by atoms with Crippen molar-refractivity contribution in [1.82, 2.24) is 0 Å². The maximum atomic E-state index is 6.99. The van der Waals surface area contributed by atoms with Crippen LogP contribution in [0.4, 0.5) is 0 Å². The second kappa shape index (κ2) is 9.50.